The number of nitriles is 2. The standard InChI is InChI=1S/C30H32F2N6O/c1-18-13-24(31)25(32)14-27(18)38(17-19-5-4-6-19)22-10-8-21(9-11-22)36(2)29-23(16-34)30(39)37(3)26-12-7-20(15-33)35-28(26)29/h7,12-14,19,21-22H,4-6,8-11,17H2,1-3H3/t21-,22-. The predicted octanol–water partition coefficient (Wildman–Crippen LogP) is 5.32. The lowest BCUT2D eigenvalue weighted by Crippen LogP contribution is -2.46. The Kier molecular flexibility index (Phi) is 7.27. The summed E-state index contributed by atoms with van der Waals surface area (Å²) in [5, 5.41) is 19.4. The molecule has 5 rings (SSSR count). The molecule has 0 aliphatic heterocycles. The van der Waals surface area contributed by atoms with Crippen LogP contribution in [0.2, 0.25) is 0 Å². The molecule has 202 valence electrons. The Morgan fingerprint density at radius 1 is 1.03 bits per heavy atom. The van der Waals surface area contributed by atoms with Crippen LogP contribution in [0.5, 0.6) is 0 Å². The van der Waals surface area contributed by atoms with Crippen LogP contribution in [0.4, 0.5) is 20.2 Å². The number of anilines is 2. The molecule has 0 unspecified atom stereocenters. The van der Waals surface area contributed by atoms with Gasteiger partial charge in [0.15, 0.2) is 11.6 Å². The molecule has 0 saturated heterocycles. The van der Waals surface area contributed by atoms with Gasteiger partial charge in [-0.2, -0.15) is 10.5 Å². The molecule has 3 aromatic rings. The van der Waals surface area contributed by atoms with Crippen LogP contribution < -0.4 is 15.4 Å². The summed E-state index contributed by atoms with van der Waals surface area (Å²) in [4.78, 5) is 21.8. The van der Waals surface area contributed by atoms with Gasteiger partial charge in [-0.05, 0) is 75.1 Å². The number of aromatic nitrogens is 2. The molecule has 0 radical (unpaired) electrons. The molecule has 0 amide bonds. The number of rotatable bonds is 6. The number of nitrogens with zero attached hydrogens (tertiary/aromatic N) is 6. The summed E-state index contributed by atoms with van der Waals surface area (Å²) < 4.78 is 29.6. The summed E-state index contributed by atoms with van der Waals surface area (Å²) in [6.07, 6.45) is 6.78. The van der Waals surface area contributed by atoms with Gasteiger partial charge in [-0.25, -0.2) is 13.8 Å². The van der Waals surface area contributed by atoms with Gasteiger partial charge in [0.1, 0.15) is 28.9 Å². The van der Waals surface area contributed by atoms with Crippen LogP contribution in [0.15, 0.2) is 29.1 Å². The highest BCUT2D eigenvalue weighted by Crippen LogP contribution is 2.38. The number of benzene rings is 1. The molecule has 2 aliphatic rings. The minimum atomic E-state index is -0.826. The molecule has 0 spiro atoms. The lowest BCUT2D eigenvalue weighted by Gasteiger charge is -2.44. The van der Waals surface area contributed by atoms with Crippen LogP contribution in [0, 0.1) is 47.1 Å². The molecular weight excluding hydrogens is 498 g/mol. The SMILES string of the molecule is Cc1cc(F)c(F)cc1N(CC1CCC1)[C@H]1CC[C@H](N(C)c2c(C#N)c(=O)n(C)c3ccc(C#N)nc23)CC1. The molecule has 1 aromatic carbocycles. The van der Waals surface area contributed by atoms with E-state index in [-0.39, 0.29) is 23.3 Å². The number of fused-ring (bicyclic) bond motifs is 1. The lowest BCUT2D eigenvalue weighted by atomic mass is 9.83. The van der Waals surface area contributed by atoms with Gasteiger partial charge in [-0.1, -0.05) is 6.42 Å². The second kappa shape index (κ2) is 10.6. The van der Waals surface area contributed by atoms with Crippen LogP contribution in [-0.2, 0) is 7.05 Å². The molecule has 2 heterocycles. The van der Waals surface area contributed by atoms with Crippen molar-refractivity contribution >= 4 is 22.4 Å². The Morgan fingerprint density at radius 3 is 2.31 bits per heavy atom. The second-order valence-corrected chi connectivity index (χ2v) is 11.0. The zero-order valence-corrected chi connectivity index (χ0v) is 22.5. The van der Waals surface area contributed by atoms with Crippen molar-refractivity contribution in [3.8, 4) is 12.1 Å². The van der Waals surface area contributed by atoms with Gasteiger partial charge in [0, 0.05) is 44.5 Å². The minimum absolute atomic E-state index is 0.0150. The molecule has 7 nitrogen and oxygen atoms in total. The third kappa shape index (κ3) is 4.83. The first kappa shape index (κ1) is 26.6. The first-order valence-corrected chi connectivity index (χ1v) is 13.5. The van der Waals surface area contributed by atoms with Crippen molar-refractivity contribution in [3.05, 3.63) is 63.1 Å². The maximum absolute atomic E-state index is 14.3. The van der Waals surface area contributed by atoms with Crippen LogP contribution in [0.3, 0.4) is 0 Å². The number of halogens is 2. The van der Waals surface area contributed by atoms with E-state index < -0.39 is 17.2 Å². The Labute approximate surface area is 226 Å². The number of hydrogen-bond donors (Lipinski definition) is 0. The maximum Gasteiger partial charge on any atom is 0.270 e. The molecule has 0 N–H and O–H groups in total. The van der Waals surface area contributed by atoms with Crippen molar-refractivity contribution < 1.29 is 8.78 Å². The topological polar surface area (TPSA) is 89.0 Å². The zero-order valence-electron chi connectivity index (χ0n) is 22.5. The van der Waals surface area contributed by atoms with Gasteiger partial charge in [-0.3, -0.25) is 4.79 Å². The lowest BCUT2D eigenvalue weighted by molar-refractivity contribution is 0.290. The Bertz CT molecular complexity index is 1560. The van der Waals surface area contributed by atoms with Gasteiger partial charge in [0.25, 0.3) is 5.56 Å². The summed E-state index contributed by atoms with van der Waals surface area (Å²) in [5.41, 5.74) is 2.81. The maximum atomic E-state index is 14.3. The molecule has 9 heteroatoms. The van der Waals surface area contributed by atoms with E-state index in [1.54, 1.807) is 19.2 Å². The smallest absolute Gasteiger partial charge is 0.270 e. The summed E-state index contributed by atoms with van der Waals surface area (Å²) in [5.74, 6) is -1.09. The minimum Gasteiger partial charge on any atom is -0.369 e. The monoisotopic (exact) mass is 530 g/mol. The van der Waals surface area contributed by atoms with E-state index in [1.807, 2.05) is 18.9 Å². The first-order chi connectivity index (χ1) is 18.7. The highest BCUT2D eigenvalue weighted by Gasteiger charge is 2.33. The van der Waals surface area contributed by atoms with Crippen LogP contribution in [0.25, 0.3) is 11.0 Å². The third-order valence-corrected chi connectivity index (χ3v) is 8.68. The molecule has 0 atom stereocenters. The predicted molar refractivity (Wildman–Crippen MR) is 147 cm³/mol. The van der Waals surface area contributed by atoms with E-state index in [1.165, 1.54) is 23.1 Å². The van der Waals surface area contributed by atoms with Crippen molar-refractivity contribution in [2.75, 3.05) is 23.4 Å². The fourth-order valence-electron chi connectivity index (χ4n) is 6.18. The van der Waals surface area contributed by atoms with Crippen LogP contribution >= 0.6 is 0 Å². The Balaban J connectivity index is 1.44. The van der Waals surface area contributed by atoms with E-state index in [4.69, 9.17) is 0 Å². The molecule has 2 fully saturated rings. The van der Waals surface area contributed by atoms with Crippen molar-refractivity contribution in [1.29, 1.82) is 10.5 Å². The van der Waals surface area contributed by atoms with E-state index in [0.29, 0.717) is 22.6 Å². The van der Waals surface area contributed by atoms with E-state index in [0.717, 1.165) is 56.3 Å². The average molecular weight is 531 g/mol. The molecule has 2 saturated carbocycles. The largest absolute Gasteiger partial charge is 0.369 e. The molecule has 39 heavy (non-hydrogen) atoms. The van der Waals surface area contributed by atoms with Crippen molar-refractivity contribution in [1.82, 2.24) is 9.55 Å². The zero-order chi connectivity index (χ0) is 27.8. The van der Waals surface area contributed by atoms with Gasteiger partial charge >= 0.3 is 0 Å². The first-order valence-electron chi connectivity index (χ1n) is 13.5. The Morgan fingerprint density at radius 2 is 1.69 bits per heavy atom. The third-order valence-electron chi connectivity index (χ3n) is 8.68. The quantitative estimate of drug-likeness (QED) is 0.429. The second-order valence-electron chi connectivity index (χ2n) is 11.0. The summed E-state index contributed by atoms with van der Waals surface area (Å²) >= 11 is 0. The van der Waals surface area contributed by atoms with Gasteiger partial charge in [-0.15, -0.1) is 0 Å². The summed E-state index contributed by atoms with van der Waals surface area (Å²) in [7, 11) is 3.48. The van der Waals surface area contributed by atoms with Crippen molar-refractivity contribution in [2.24, 2.45) is 13.0 Å². The van der Waals surface area contributed by atoms with Crippen LogP contribution in [0.1, 0.15) is 61.8 Å². The highest BCUT2D eigenvalue weighted by molar-refractivity contribution is 5.92. The fraction of sp³-hybridized carbons (Fsp3) is 0.467. The van der Waals surface area contributed by atoms with Crippen molar-refractivity contribution in [2.45, 2.75) is 64.0 Å². The molecule has 0 bridgehead atoms. The summed E-state index contributed by atoms with van der Waals surface area (Å²) in [6, 6.07) is 10.2. The highest BCUT2D eigenvalue weighted by atomic mass is 19.2. The summed E-state index contributed by atoms with van der Waals surface area (Å²) in [6.45, 7) is 2.66. The van der Waals surface area contributed by atoms with Crippen molar-refractivity contribution in [3.63, 3.8) is 0 Å². The van der Waals surface area contributed by atoms with Gasteiger partial charge in [0.05, 0.1) is 11.2 Å². The molecule has 2 aromatic heterocycles. The molecule has 2 aliphatic carbocycles. The fourth-order valence-corrected chi connectivity index (χ4v) is 6.18. The number of pyridine rings is 2. The molecular formula is C30H32F2N6O. The normalized spacial score (nSPS) is 19.3. The van der Waals surface area contributed by atoms with E-state index in [2.05, 4.69) is 22.0 Å². The average Bonchev–Trinajstić information content (AvgIpc) is 2.92. The Hall–Kier alpha value is -3.98. The van der Waals surface area contributed by atoms with E-state index >= 15 is 0 Å². The van der Waals surface area contributed by atoms with Gasteiger partial charge < -0.3 is 14.4 Å². The number of hydrogen-bond acceptors (Lipinski definition) is 6. The van der Waals surface area contributed by atoms with Crippen LogP contribution in [-0.4, -0.2) is 35.2 Å². The van der Waals surface area contributed by atoms with Gasteiger partial charge in [0.2, 0.25) is 0 Å². The van der Waals surface area contributed by atoms with E-state index in [9.17, 15) is 24.1 Å². The number of aryl methyl sites for hydroxylation is 2.